The molecule has 0 aliphatic carbocycles. The molecule has 0 fully saturated rings. The predicted octanol–water partition coefficient (Wildman–Crippen LogP) is 2.49. The highest BCUT2D eigenvalue weighted by molar-refractivity contribution is 9.10. The molecule has 1 heterocycles. The molecule has 0 saturated carbocycles. The maximum absolute atomic E-state index is 10.9. The average molecular weight is 299 g/mol. The maximum Gasteiger partial charge on any atom is 0.312 e. The van der Waals surface area contributed by atoms with Gasteiger partial charge in [0.05, 0.1) is 17.4 Å². The van der Waals surface area contributed by atoms with Gasteiger partial charge in [0.1, 0.15) is 0 Å². The van der Waals surface area contributed by atoms with Crippen molar-refractivity contribution >= 4 is 27.4 Å². The molecule has 0 amide bonds. The summed E-state index contributed by atoms with van der Waals surface area (Å²) in [6.07, 6.45) is 1.78. The molecule has 0 saturated heterocycles. The topological polar surface area (TPSA) is 83.1 Å². The van der Waals surface area contributed by atoms with Gasteiger partial charge in [-0.3, -0.25) is 10.1 Å². The van der Waals surface area contributed by atoms with Crippen LogP contribution in [0.4, 0.5) is 11.5 Å². The molecule has 1 aromatic rings. The summed E-state index contributed by atoms with van der Waals surface area (Å²) in [6.45, 7) is 1.82. The van der Waals surface area contributed by atoms with E-state index in [2.05, 4.69) is 20.9 Å². The second-order valence-electron chi connectivity index (χ2n) is 3.58. The monoisotopic (exact) mass is 298 g/mol. The maximum atomic E-state index is 10.9. The molecule has 17 heavy (non-hydrogen) atoms. The Morgan fingerprint density at radius 1 is 1.76 bits per heavy atom. The van der Waals surface area contributed by atoms with Crippen LogP contribution in [0.25, 0.3) is 0 Å². The molecule has 1 rings (SSSR count). The lowest BCUT2D eigenvalue weighted by Gasteiger charge is -2.23. The van der Waals surface area contributed by atoms with Crippen LogP contribution in [0.5, 0.6) is 0 Å². The predicted molar refractivity (Wildman–Crippen MR) is 66.7 cm³/mol. The zero-order valence-corrected chi connectivity index (χ0v) is 11.0. The molecule has 0 radical (unpaired) electrons. The molecule has 0 aliphatic rings. The molecule has 0 N–H and O–H groups in total. The zero-order valence-electron chi connectivity index (χ0n) is 9.42. The molecule has 0 aliphatic heterocycles. The van der Waals surface area contributed by atoms with Crippen molar-refractivity contribution in [3.63, 3.8) is 0 Å². The summed E-state index contributed by atoms with van der Waals surface area (Å²) in [5.74, 6) is 0.265. The molecule has 1 aromatic heterocycles. The van der Waals surface area contributed by atoms with Crippen LogP contribution in [0.1, 0.15) is 13.3 Å². The molecule has 90 valence electrons. The molecular weight excluding hydrogens is 288 g/mol. The number of nitro groups is 1. The van der Waals surface area contributed by atoms with Gasteiger partial charge in [0.2, 0.25) is 5.82 Å². The zero-order chi connectivity index (χ0) is 13.0. The second-order valence-corrected chi connectivity index (χ2v) is 4.49. The smallest absolute Gasteiger partial charge is 0.312 e. The average Bonchev–Trinajstić information content (AvgIpc) is 2.28. The van der Waals surface area contributed by atoms with E-state index in [9.17, 15) is 10.1 Å². The first-order valence-electron chi connectivity index (χ1n) is 4.87. The first-order chi connectivity index (χ1) is 7.97. The highest BCUT2D eigenvalue weighted by Crippen LogP contribution is 2.29. The van der Waals surface area contributed by atoms with Gasteiger partial charge in [-0.2, -0.15) is 5.26 Å². The van der Waals surface area contributed by atoms with Gasteiger partial charge in [0.25, 0.3) is 0 Å². The summed E-state index contributed by atoms with van der Waals surface area (Å²) in [6, 6.07) is 3.30. The normalized spacial score (nSPS) is 11.6. The van der Waals surface area contributed by atoms with Crippen LogP contribution >= 0.6 is 15.9 Å². The van der Waals surface area contributed by atoms with Crippen LogP contribution < -0.4 is 4.90 Å². The van der Waals surface area contributed by atoms with Gasteiger partial charge < -0.3 is 4.90 Å². The van der Waals surface area contributed by atoms with Gasteiger partial charge in [0.15, 0.2) is 0 Å². The largest absolute Gasteiger partial charge is 0.350 e. The van der Waals surface area contributed by atoms with E-state index in [1.54, 1.807) is 11.9 Å². The fourth-order valence-corrected chi connectivity index (χ4v) is 1.62. The third-order valence-electron chi connectivity index (χ3n) is 2.39. The van der Waals surface area contributed by atoms with Crippen LogP contribution in [0.3, 0.4) is 0 Å². The summed E-state index contributed by atoms with van der Waals surface area (Å²) in [5, 5.41) is 19.5. The first kappa shape index (κ1) is 13.4. The van der Waals surface area contributed by atoms with E-state index in [1.165, 1.54) is 12.3 Å². The standard InChI is InChI=1S/C10H11BrN4O2/c1-7(3-4-12)14(2)10-9(15(16)17)5-8(11)6-13-10/h5-7H,3H2,1-2H3. The lowest BCUT2D eigenvalue weighted by molar-refractivity contribution is -0.384. The molecule has 1 unspecified atom stereocenters. The summed E-state index contributed by atoms with van der Waals surface area (Å²) in [5.41, 5.74) is -0.0772. The van der Waals surface area contributed by atoms with Crippen LogP contribution in [0, 0.1) is 21.4 Å². The van der Waals surface area contributed by atoms with Crippen molar-refractivity contribution in [2.24, 2.45) is 0 Å². The van der Waals surface area contributed by atoms with Gasteiger partial charge in [-0.25, -0.2) is 4.98 Å². The Labute approximate surface area is 107 Å². The van der Waals surface area contributed by atoms with E-state index in [-0.39, 0.29) is 24.0 Å². The Bertz CT molecular complexity index is 472. The number of anilines is 1. The molecule has 7 heteroatoms. The SMILES string of the molecule is CC(CC#N)N(C)c1ncc(Br)cc1[N+](=O)[O-]. The van der Waals surface area contributed by atoms with E-state index >= 15 is 0 Å². The highest BCUT2D eigenvalue weighted by Gasteiger charge is 2.22. The summed E-state index contributed by atoms with van der Waals surface area (Å²) >= 11 is 3.14. The van der Waals surface area contributed by atoms with Crippen molar-refractivity contribution in [3.05, 3.63) is 26.9 Å². The van der Waals surface area contributed by atoms with Gasteiger partial charge in [-0.15, -0.1) is 0 Å². The number of rotatable bonds is 4. The third kappa shape index (κ3) is 3.14. The van der Waals surface area contributed by atoms with Crippen molar-refractivity contribution in [1.82, 2.24) is 4.98 Å². The van der Waals surface area contributed by atoms with Crippen molar-refractivity contribution in [2.75, 3.05) is 11.9 Å². The Balaban J connectivity index is 3.13. The summed E-state index contributed by atoms with van der Waals surface area (Å²) in [7, 11) is 1.69. The first-order valence-corrected chi connectivity index (χ1v) is 5.66. The fraction of sp³-hybridized carbons (Fsp3) is 0.400. The highest BCUT2D eigenvalue weighted by atomic mass is 79.9. The number of hydrogen-bond donors (Lipinski definition) is 0. The van der Waals surface area contributed by atoms with Crippen LogP contribution in [0.15, 0.2) is 16.7 Å². The van der Waals surface area contributed by atoms with Gasteiger partial charge >= 0.3 is 5.69 Å². The van der Waals surface area contributed by atoms with Gasteiger partial charge in [0, 0.05) is 29.8 Å². The molecule has 1 atom stereocenters. The number of nitriles is 1. The van der Waals surface area contributed by atoms with E-state index in [0.29, 0.717) is 4.47 Å². The minimum absolute atomic E-state index is 0.0772. The number of pyridine rings is 1. The Kier molecular flexibility index (Phi) is 4.40. The minimum Gasteiger partial charge on any atom is -0.350 e. The van der Waals surface area contributed by atoms with Crippen LogP contribution in [-0.2, 0) is 0 Å². The molecule has 0 bridgehead atoms. The summed E-state index contributed by atoms with van der Waals surface area (Å²) < 4.78 is 0.550. The molecule has 0 spiro atoms. The minimum atomic E-state index is -0.483. The van der Waals surface area contributed by atoms with E-state index in [4.69, 9.17) is 5.26 Å². The third-order valence-corrected chi connectivity index (χ3v) is 2.83. The van der Waals surface area contributed by atoms with Gasteiger partial charge in [-0.05, 0) is 22.9 Å². The molecular formula is C10H11BrN4O2. The van der Waals surface area contributed by atoms with Crippen molar-refractivity contribution in [2.45, 2.75) is 19.4 Å². The van der Waals surface area contributed by atoms with Crippen molar-refractivity contribution in [1.29, 1.82) is 5.26 Å². The number of halogens is 1. The number of nitrogens with zero attached hydrogens (tertiary/aromatic N) is 4. The lowest BCUT2D eigenvalue weighted by atomic mass is 10.2. The van der Waals surface area contributed by atoms with E-state index in [0.717, 1.165) is 0 Å². The van der Waals surface area contributed by atoms with E-state index < -0.39 is 4.92 Å². The molecule has 6 nitrogen and oxygen atoms in total. The lowest BCUT2D eigenvalue weighted by Crippen LogP contribution is -2.29. The summed E-state index contributed by atoms with van der Waals surface area (Å²) in [4.78, 5) is 16.1. The quantitative estimate of drug-likeness (QED) is 0.630. The number of hydrogen-bond acceptors (Lipinski definition) is 5. The molecule has 0 aromatic carbocycles. The van der Waals surface area contributed by atoms with Crippen molar-refractivity contribution < 1.29 is 4.92 Å². The Morgan fingerprint density at radius 2 is 2.41 bits per heavy atom. The van der Waals surface area contributed by atoms with Crippen LogP contribution in [0.2, 0.25) is 0 Å². The number of aromatic nitrogens is 1. The van der Waals surface area contributed by atoms with E-state index in [1.807, 2.05) is 13.0 Å². The fourth-order valence-electron chi connectivity index (χ4n) is 1.31. The second kappa shape index (κ2) is 5.59. The van der Waals surface area contributed by atoms with Crippen molar-refractivity contribution in [3.8, 4) is 6.07 Å². The van der Waals surface area contributed by atoms with Gasteiger partial charge in [-0.1, -0.05) is 0 Å². The Hall–Kier alpha value is -1.68. The Morgan fingerprint density at radius 3 is 2.94 bits per heavy atom. The van der Waals surface area contributed by atoms with Crippen LogP contribution in [-0.4, -0.2) is 23.0 Å².